The van der Waals surface area contributed by atoms with E-state index in [1.54, 1.807) is 11.3 Å². The van der Waals surface area contributed by atoms with Crippen LogP contribution in [-0.2, 0) is 22.6 Å². The van der Waals surface area contributed by atoms with Gasteiger partial charge in [-0.1, -0.05) is 0 Å². The van der Waals surface area contributed by atoms with E-state index < -0.39 is 0 Å². The van der Waals surface area contributed by atoms with Gasteiger partial charge < -0.3 is 15.2 Å². The highest BCUT2D eigenvalue weighted by atomic mass is 32.1. The van der Waals surface area contributed by atoms with E-state index in [-0.39, 0.29) is 5.60 Å². The fourth-order valence-corrected chi connectivity index (χ4v) is 1.53. The number of nitrogens with zero attached hydrogens (tertiary/aromatic N) is 1. The molecule has 1 aromatic heterocycles. The molecule has 0 spiro atoms. The Labute approximate surface area is 94.4 Å². The summed E-state index contributed by atoms with van der Waals surface area (Å²) in [6.07, 6.45) is 0. The van der Waals surface area contributed by atoms with E-state index in [1.165, 1.54) is 0 Å². The van der Waals surface area contributed by atoms with Gasteiger partial charge in [0, 0.05) is 11.9 Å². The van der Waals surface area contributed by atoms with Crippen molar-refractivity contribution in [3.8, 4) is 0 Å². The number of ether oxygens (including phenoxy) is 2. The zero-order valence-electron chi connectivity index (χ0n) is 9.45. The summed E-state index contributed by atoms with van der Waals surface area (Å²) in [5.41, 5.74) is 6.21. The lowest BCUT2D eigenvalue weighted by Gasteiger charge is -2.18. The first kappa shape index (κ1) is 12.6. The lowest BCUT2D eigenvalue weighted by molar-refractivity contribution is -0.125. The molecular weight excluding hydrogens is 212 g/mol. The zero-order chi connectivity index (χ0) is 11.3. The molecule has 0 saturated heterocycles. The van der Waals surface area contributed by atoms with Gasteiger partial charge in [-0.25, -0.2) is 4.98 Å². The molecule has 0 aliphatic carbocycles. The van der Waals surface area contributed by atoms with E-state index in [0.717, 1.165) is 10.7 Å². The Hall–Kier alpha value is -0.490. The van der Waals surface area contributed by atoms with Gasteiger partial charge in [0.05, 0.1) is 17.9 Å². The van der Waals surface area contributed by atoms with Gasteiger partial charge >= 0.3 is 0 Å². The molecule has 0 atom stereocenters. The predicted molar refractivity (Wildman–Crippen MR) is 60.5 cm³/mol. The van der Waals surface area contributed by atoms with Crippen LogP contribution in [0.4, 0.5) is 0 Å². The molecule has 0 aromatic carbocycles. The Morgan fingerprint density at radius 1 is 1.47 bits per heavy atom. The van der Waals surface area contributed by atoms with Crippen molar-refractivity contribution in [1.29, 1.82) is 0 Å². The Balaban J connectivity index is 2.20. The fourth-order valence-electron chi connectivity index (χ4n) is 0.874. The maximum absolute atomic E-state index is 5.46. The molecule has 1 rings (SSSR count). The average Bonchev–Trinajstić information content (AvgIpc) is 2.59. The Bertz CT molecular complexity index is 294. The average molecular weight is 230 g/mol. The first-order valence-electron chi connectivity index (χ1n) is 4.86. The van der Waals surface area contributed by atoms with Gasteiger partial charge in [0.2, 0.25) is 0 Å². The van der Waals surface area contributed by atoms with Crippen molar-refractivity contribution in [2.24, 2.45) is 5.73 Å². The normalized spacial score (nSPS) is 12.0. The van der Waals surface area contributed by atoms with Crippen LogP contribution in [0.2, 0.25) is 0 Å². The van der Waals surface area contributed by atoms with Crippen LogP contribution in [-0.4, -0.2) is 17.4 Å². The third-order valence-corrected chi connectivity index (χ3v) is 2.52. The first-order chi connectivity index (χ1) is 7.01. The topological polar surface area (TPSA) is 57.4 Å². The Morgan fingerprint density at radius 3 is 2.73 bits per heavy atom. The minimum atomic E-state index is -0.162. The van der Waals surface area contributed by atoms with E-state index in [1.807, 2.05) is 26.2 Å². The van der Waals surface area contributed by atoms with E-state index in [2.05, 4.69) is 4.98 Å². The highest BCUT2D eigenvalue weighted by Gasteiger charge is 2.09. The van der Waals surface area contributed by atoms with Crippen LogP contribution in [0.5, 0.6) is 0 Å². The van der Waals surface area contributed by atoms with Crippen LogP contribution in [0, 0.1) is 0 Å². The van der Waals surface area contributed by atoms with Crippen molar-refractivity contribution in [2.75, 3.05) is 6.79 Å². The SMILES string of the molecule is CC(C)(C)OCOCc1csc(CN)n1. The first-order valence-corrected chi connectivity index (χ1v) is 5.74. The number of thiazole rings is 1. The van der Waals surface area contributed by atoms with Crippen molar-refractivity contribution in [3.63, 3.8) is 0 Å². The molecule has 0 radical (unpaired) electrons. The molecular formula is C10H18N2O2S. The molecule has 86 valence electrons. The smallest absolute Gasteiger partial charge is 0.147 e. The van der Waals surface area contributed by atoms with Crippen molar-refractivity contribution in [3.05, 3.63) is 16.1 Å². The van der Waals surface area contributed by atoms with Crippen LogP contribution in [0.15, 0.2) is 5.38 Å². The maximum Gasteiger partial charge on any atom is 0.147 e. The number of aromatic nitrogens is 1. The molecule has 2 N–H and O–H groups in total. The van der Waals surface area contributed by atoms with Crippen LogP contribution >= 0.6 is 11.3 Å². The second kappa shape index (κ2) is 5.55. The molecule has 1 aromatic rings. The summed E-state index contributed by atoms with van der Waals surface area (Å²) in [6, 6.07) is 0. The van der Waals surface area contributed by atoms with E-state index in [0.29, 0.717) is 19.9 Å². The summed E-state index contributed by atoms with van der Waals surface area (Å²) in [5, 5.41) is 2.89. The zero-order valence-corrected chi connectivity index (χ0v) is 10.3. The Morgan fingerprint density at radius 2 is 2.20 bits per heavy atom. The third kappa shape index (κ3) is 5.22. The van der Waals surface area contributed by atoms with Gasteiger partial charge in [-0.05, 0) is 20.8 Å². The summed E-state index contributed by atoms with van der Waals surface area (Å²) < 4.78 is 10.7. The molecule has 0 aliphatic rings. The van der Waals surface area contributed by atoms with Gasteiger partial charge in [0.15, 0.2) is 0 Å². The van der Waals surface area contributed by atoms with Crippen molar-refractivity contribution in [1.82, 2.24) is 4.98 Å². The summed E-state index contributed by atoms with van der Waals surface area (Å²) >= 11 is 1.56. The number of hydrogen-bond acceptors (Lipinski definition) is 5. The molecule has 0 aliphatic heterocycles. The summed E-state index contributed by atoms with van der Waals surface area (Å²) in [5.74, 6) is 0. The highest BCUT2D eigenvalue weighted by Crippen LogP contribution is 2.11. The molecule has 5 heteroatoms. The van der Waals surface area contributed by atoms with Crippen LogP contribution in [0.3, 0.4) is 0 Å². The molecule has 0 bridgehead atoms. The second-order valence-electron chi connectivity index (χ2n) is 4.16. The molecule has 0 unspecified atom stereocenters. The monoisotopic (exact) mass is 230 g/mol. The molecule has 15 heavy (non-hydrogen) atoms. The van der Waals surface area contributed by atoms with E-state index in [9.17, 15) is 0 Å². The van der Waals surface area contributed by atoms with Crippen LogP contribution in [0.25, 0.3) is 0 Å². The quantitative estimate of drug-likeness (QED) is 0.620. The predicted octanol–water partition coefficient (Wildman–Crippen LogP) is 1.89. The van der Waals surface area contributed by atoms with E-state index >= 15 is 0 Å². The molecule has 0 amide bonds. The van der Waals surface area contributed by atoms with Crippen LogP contribution < -0.4 is 5.73 Å². The fraction of sp³-hybridized carbons (Fsp3) is 0.700. The van der Waals surface area contributed by atoms with Crippen LogP contribution in [0.1, 0.15) is 31.5 Å². The van der Waals surface area contributed by atoms with Crippen molar-refractivity contribution >= 4 is 11.3 Å². The molecule has 1 heterocycles. The minimum absolute atomic E-state index is 0.162. The summed E-state index contributed by atoms with van der Waals surface area (Å²) in [4.78, 5) is 4.28. The molecule has 0 fully saturated rings. The number of rotatable bonds is 5. The number of hydrogen-bond donors (Lipinski definition) is 1. The Kier molecular flexibility index (Phi) is 4.66. The standard InChI is InChI=1S/C10H18N2O2S/c1-10(2,3)14-7-13-5-8-6-15-9(4-11)12-8/h6H,4-5,7,11H2,1-3H3. The third-order valence-electron chi connectivity index (χ3n) is 1.60. The highest BCUT2D eigenvalue weighted by molar-refractivity contribution is 7.09. The minimum Gasteiger partial charge on any atom is -0.350 e. The molecule has 0 saturated carbocycles. The van der Waals surface area contributed by atoms with Gasteiger partial charge in [-0.3, -0.25) is 0 Å². The molecule has 4 nitrogen and oxygen atoms in total. The summed E-state index contributed by atoms with van der Waals surface area (Å²) in [6.45, 7) is 7.23. The maximum atomic E-state index is 5.46. The lowest BCUT2D eigenvalue weighted by Crippen LogP contribution is -2.20. The lowest BCUT2D eigenvalue weighted by atomic mass is 10.2. The van der Waals surface area contributed by atoms with E-state index in [4.69, 9.17) is 15.2 Å². The van der Waals surface area contributed by atoms with Crippen molar-refractivity contribution < 1.29 is 9.47 Å². The van der Waals surface area contributed by atoms with Gasteiger partial charge in [0.1, 0.15) is 11.8 Å². The van der Waals surface area contributed by atoms with Gasteiger partial charge in [0.25, 0.3) is 0 Å². The summed E-state index contributed by atoms with van der Waals surface area (Å²) in [7, 11) is 0. The van der Waals surface area contributed by atoms with Gasteiger partial charge in [-0.15, -0.1) is 11.3 Å². The number of nitrogens with two attached hydrogens (primary N) is 1. The van der Waals surface area contributed by atoms with Crippen molar-refractivity contribution in [2.45, 2.75) is 39.5 Å². The largest absolute Gasteiger partial charge is 0.350 e. The van der Waals surface area contributed by atoms with Gasteiger partial charge in [-0.2, -0.15) is 0 Å². The second-order valence-corrected chi connectivity index (χ2v) is 5.10.